The number of hydrogen-bond donors (Lipinski definition) is 1. The molecule has 1 N–H and O–H groups in total. The lowest BCUT2D eigenvalue weighted by Crippen LogP contribution is -2.25. The van der Waals surface area contributed by atoms with E-state index >= 15 is 0 Å². The molecule has 2 nitrogen and oxygen atoms in total. The highest BCUT2D eigenvalue weighted by molar-refractivity contribution is 6.32. The van der Waals surface area contributed by atoms with E-state index in [1.54, 1.807) is 0 Å². The Morgan fingerprint density at radius 3 is 3.00 bits per heavy atom. The van der Waals surface area contributed by atoms with Crippen LogP contribution in [0.2, 0.25) is 5.02 Å². The van der Waals surface area contributed by atoms with Crippen molar-refractivity contribution in [3.8, 4) is 0 Å². The summed E-state index contributed by atoms with van der Waals surface area (Å²) < 4.78 is 0. The Balaban J connectivity index is 2.39. The van der Waals surface area contributed by atoms with E-state index in [1.807, 2.05) is 19.2 Å². The minimum atomic E-state index is 0.527. The SMILES string of the molecule is CCN1CC(CNC)c2c(Cl)cccc21. The first-order valence-electron chi connectivity index (χ1n) is 5.45. The Labute approximate surface area is 96.2 Å². The van der Waals surface area contributed by atoms with Gasteiger partial charge >= 0.3 is 0 Å². The highest BCUT2D eigenvalue weighted by Crippen LogP contribution is 2.40. The van der Waals surface area contributed by atoms with E-state index in [1.165, 1.54) is 11.3 Å². The normalized spacial score (nSPS) is 19.4. The van der Waals surface area contributed by atoms with Gasteiger partial charge in [-0.1, -0.05) is 17.7 Å². The number of nitrogens with zero attached hydrogens (tertiary/aromatic N) is 1. The van der Waals surface area contributed by atoms with E-state index in [9.17, 15) is 0 Å². The van der Waals surface area contributed by atoms with Crippen molar-refractivity contribution in [3.63, 3.8) is 0 Å². The molecule has 15 heavy (non-hydrogen) atoms. The van der Waals surface area contributed by atoms with Crippen LogP contribution in [0.25, 0.3) is 0 Å². The number of hydrogen-bond acceptors (Lipinski definition) is 2. The van der Waals surface area contributed by atoms with E-state index in [0.29, 0.717) is 5.92 Å². The van der Waals surface area contributed by atoms with E-state index in [-0.39, 0.29) is 0 Å². The maximum absolute atomic E-state index is 6.27. The zero-order chi connectivity index (χ0) is 10.8. The van der Waals surface area contributed by atoms with Crippen LogP contribution in [-0.2, 0) is 0 Å². The molecule has 1 aliphatic heterocycles. The van der Waals surface area contributed by atoms with Crippen molar-refractivity contribution in [2.24, 2.45) is 0 Å². The standard InChI is InChI=1S/C12H17ClN2/c1-3-15-8-9(7-14-2)12-10(13)5-4-6-11(12)15/h4-6,9,14H,3,7-8H2,1-2H3. The fourth-order valence-electron chi connectivity index (χ4n) is 2.37. The average molecular weight is 225 g/mol. The Morgan fingerprint density at radius 1 is 1.53 bits per heavy atom. The third-order valence-electron chi connectivity index (χ3n) is 3.05. The summed E-state index contributed by atoms with van der Waals surface area (Å²) >= 11 is 6.27. The van der Waals surface area contributed by atoms with Gasteiger partial charge in [-0.25, -0.2) is 0 Å². The summed E-state index contributed by atoms with van der Waals surface area (Å²) in [5.74, 6) is 0.527. The van der Waals surface area contributed by atoms with Crippen molar-refractivity contribution in [1.29, 1.82) is 0 Å². The van der Waals surface area contributed by atoms with Crippen LogP contribution in [0.3, 0.4) is 0 Å². The number of anilines is 1. The summed E-state index contributed by atoms with van der Waals surface area (Å²) in [5.41, 5.74) is 2.63. The van der Waals surface area contributed by atoms with Gasteiger partial charge in [0, 0.05) is 41.8 Å². The predicted molar refractivity (Wildman–Crippen MR) is 66.0 cm³/mol. The molecule has 0 fully saturated rings. The molecule has 0 aromatic heterocycles. The Bertz CT molecular complexity index is 351. The van der Waals surface area contributed by atoms with Gasteiger partial charge in [0.1, 0.15) is 0 Å². The molecule has 0 bridgehead atoms. The average Bonchev–Trinajstić information content (AvgIpc) is 2.59. The van der Waals surface area contributed by atoms with Gasteiger partial charge in [-0.2, -0.15) is 0 Å². The lowest BCUT2D eigenvalue weighted by Gasteiger charge is -2.16. The van der Waals surface area contributed by atoms with Crippen LogP contribution in [0, 0.1) is 0 Å². The smallest absolute Gasteiger partial charge is 0.0462 e. The van der Waals surface area contributed by atoms with Crippen LogP contribution < -0.4 is 10.2 Å². The quantitative estimate of drug-likeness (QED) is 0.849. The van der Waals surface area contributed by atoms with Crippen molar-refractivity contribution >= 4 is 17.3 Å². The zero-order valence-corrected chi connectivity index (χ0v) is 10.0. The fraction of sp³-hybridized carbons (Fsp3) is 0.500. The molecule has 82 valence electrons. The second-order valence-corrected chi connectivity index (χ2v) is 4.37. The van der Waals surface area contributed by atoms with Crippen LogP contribution in [0.5, 0.6) is 0 Å². The second kappa shape index (κ2) is 4.42. The number of rotatable bonds is 3. The van der Waals surface area contributed by atoms with Gasteiger partial charge in [-0.15, -0.1) is 0 Å². The monoisotopic (exact) mass is 224 g/mol. The van der Waals surface area contributed by atoms with Gasteiger partial charge in [0.05, 0.1) is 0 Å². The van der Waals surface area contributed by atoms with Crippen LogP contribution in [-0.4, -0.2) is 26.7 Å². The fourth-order valence-corrected chi connectivity index (χ4v) is 2.70. The summed E-state index contributed by atoms with van der Waals surface area (Å²) in [7, 11) is 1.99. The number of nitrogens with one attached hydrogen (secondary N) is 1. The molecule has 0 spiro atoms. The predicted octanol–water partition coefficient (Wildman–Crippen LogP) is 2.48. The molecule has 0 saturated heterocycles. The molecule has 2 rings (SSSR count). The molecule has 0 radical (unpaired) electrons. The van der Waals surface area contributed by atoms with E-state index in [4.69, 9.17) is 11.6 Å². The third kappa shape index (κ3) is 1.84. The molecule has 1 aromatic rings. The van der Waals surface area contributed by atoms with E-state index in [0.717, 1.165) is 24.7 Å². The molecule has 0 aliphatic carbocycles. The number of likely N-dealkylation sites (N-methyl/N-ethyl adjacent to an activating group) is 2. The summed E-state index contributed by atoms with van der Waals surface area (Å²) in [5, 5.41) is 4.14. The summed E-state index contributed by atoms with van der Waals surface area (Å²) in [4.78, 5) is 2.39. The molecule has 1 aliphatic rings. The van der Waals surface area contributed by atoms with Crippen molar-refractivity contribution in [2.45, 2.75) is 12.8 Å². The molecule has 1 aromatic carbocycles. The number of halogens is 1. The minimum absolute atomic E-state index is 0.527. The van der Waals surface area contributed by atoms with Crippen LogP contribution >= 0.6 is 11.6 Å². The molecule has 0 amide bonds. The Hall–Kier alpha value is -0.730. The first kappa shape index (κ1) is 10.8. The molecule has 3 heteroatoms. The lowest BCUT2D eigenvalue weighted by atomic mass is 10.0. The first-order valence-corrected chi connectivity index (χ1v) is 5.83. The van der Waals surface area contributed by atoms with Gasteiger partial charge < -0.3 is 10.2 Å². The van der Waals surface area contributed by atoms with Gasteiger partial charge in [0.25, 0.3) is 0 Å². The molecule has 1 unspecified atom stereocenters. The van der Waals surface area contributed by atoms with Crippen LogP contribution in [0.15, 0.2) is 18.2 Å². The Kier molecular flexibility index (Phi) is 3.17. The molecule has 1 atom stereocenters. The van der Waals surface area contributed by atoms with Gasteiger partial charge in [0.15, 0.2) is 0 Å². The second-order valence-electron chi connectivity index (χ2n) is 3.97. The lowest BCUT2D eigenvalue weighted by molar-refractivity contribution is 0.644. The van der Waals surface area contributed by atoms with Crippen molar-refractivity contribution in [1.82, 2.24) is 5.32 Å². The number of fused-ring (bicyclic) bond motifs is 1. The van der Waals surface area contributed by atoms with E-state index in [2.05, 4.69) is 23.2 Å². The summed E-state index contributed by atoms with van der Waals surface area (Å²) in [6.45, 7) is 5.31. The maximum Gasteiger partial charge on any atom is 0.0462 e. The maximum atomic E-state index is 6.27. The van der Waals surface area contributed by atoms with Crippen molar-refractivity contribution < 1.29 is 0 Å². The molecule has 1 heterocycles. The summed E-state index contributed by atoms with van der Waals surface area (Å²) in [6, 6.07) is 6.19. The van der Waals surface area contributed by atoms with Gasteiger partial charge in [-0.3, -0.25) is 0 Å². The van der Waals surface area contributed by atoms with Gasteiger partial charge in [-0.05, 0) is 26.1 Å². The largest absolute Gasteiger partial charge is 0.371 e. The number of benzene rings is 1. The first-order chi connectivity index (χ1) is 7.27. The zero-order valence-electron chi connectivity index (χ0n) is 9.26. The minimum Gasteiger partial charge on any atom is -0.371 e. The molecular weight excluding hydrogens is 208 g/mol. The highest BCUT2D eigenvalue weighted by Gasteiger charge is 2.28. The van der Waals surface area contributed by atoms with Gasteiger partial charge in [0.2, 0.25) is 0 Å². The highest BCUT2D eigenvalue weighted by atomic mass is 35.5. The van der Waals surface area contributed by atoms with E-state index < -0.39 is 0 Å². The van der Waals surface area contributed by atoms with Crippen molar-refractivity contribution in [3.05, 3.63) is 28.8 Å². The van der Waals surface area contributed by atoms with Crippen molar-refractivity contribution in [2.75, 3.05) is 31.6 Å². The van der Waals surface area contributed by atoms with Crippen LogP contribution in [0.4, 0.5) is 5.69 Å². The Morgan fingerprint density at radius 2 is 2.33 bits per heavy atom. The van der Waals surface area contributed by atoms with Crippen LogP contribution in [0.1, 0.15) is 18.4 Å². The molecule has 0 saturated carbocycles. The summed E-state index contributed by atoms with van der Waals surface area (Å²) in [6.07, 6.45) is 0. The molecular formula is C12H17ClN2. The third-order valence-corrected chi connectivity index (χ3v) is 3.38. The topological polar surface area (TPSA) is 15.3 Å².